The van der Waals surface area contributed by atoms with E-state index in [1.165, 1.54) is 5.56 Å². The topological polar surface area (TPSA) is 43.6 Å². The number of furan rings is 1. The molecule has 0 spiro atoms. The molecule has 0 saturated heterocycles. The van der Waals surface area contributed by atoms with Crippen molar-refractivity contribution in [1.82, 2.24) is 5.32 Å². The summed E-state index contributed by atoms with van der Waals surface area (Å²) in [5.74, 6) is 3.55. The number of aryl methyl sites for hydroxylation is 1. The van der Waals surface area contributed by atoms with E-state index in [9.17, 15) is 0 Å². The van der Waals surface area contributed by atoms with E-state index in [2.05, 4.69) is 18.3 Å². The van der Waals surface area contributed by atoms with Crippen LogP contribution in [-0.4, -0.2) is 20.8 Å². The fourth-order valence-electron chi connectivity index (χ4n) is 2.19. The monoisotopic (exact) mass is 289 g/mol. The quantitative estimate of drug-likeness (QED) is 0.758. The van der Waals surface area contributed by atoms with Gasteiger partial charge in [-0.2, -0.15) is 0 Å². The molecule has 0 unspecified atom stereocenters. The van der Waals surface area contributed by atoms with Gasteiger partial charge in [-0.3, -0.25) is 0 Å². The van der Waals surface area contributed by atoms with Crippen LogP contribution in [0.5, 0.6) is 11.5 Å². The van der Waals surface area contributed by atoms with E-state index in [4.69, 9.17) is 13.9 Å². The molecule has 1 aromatic heterocycles. The van der Waals surface area contributed by atoms with Crippen LogP contribution < -0.4 is 14.8 Å². The summed E-state index contributed by atoms with van der Waals surface area (Å²) in [7, 11) is 3.30. The smallest absolute Gasteiger partial charge is 0.160 e. The highest BCUT2D eigenvalue weighted by molar-refractivity contribution is 5.42. The zero-order chi connectivity index (χ0) is 15.1. The van der Waals surface area contributed by atoms with E-state index in [-0.39, 0.29) is 0 Å². The van der Waals surface area contributed by atoms with Crippen LogP contribution in [0.15, 0.2) is 34.7 Å². The molecule has 0 bridgehead atoms. The number of nitrogens with one attached hydrogen (secondary N) is 1. The number of hydrogen-bond donors (Lipinski definition) is 1. The van der Waals surface area contributed by atoms with Crippen molar-refractivity contribution in [2.75, 3.05) is 20.8 Å². The van der Waals surface area contributed by atoms with Crippen LogP contribution in [0.25, 0.3) is 0 Å². The van der Waals surface area contributed by atoms with Crippen molar-refractivity contribution < 1.29 is 13.9 Å². The van der Waals surface area contributed by atoms with E-state index < -0.39 is 0 Å². The average molecular weight is 289 g/mol. The van der Waals surface area contributed by atoms with E-state index in [0.29, 0.717) is 0 Å². The minimum atomic E-state index is 0.757. The first-order valence-corrected chi connectivity index (χ1v) is 7.26. The Morgan fingerprint density at radius 3 is 2.43 bits per heavy atom. The second-order valence-electron chi connectivity index (χ2n) is 4.84. The largest absolute Gasteiger partial charge is 0.493 e. The van der Waals surface area contributed by atoms with Crippen molar-refractivity contribution in [2.45, 2.75) is 26.3 Å². The van der Waals surface area contributed by atoms with Gasteiger partial charge in [0.15, 0.2) is 11.5 Å². The van der Waals surface area contributed by atoms with Gasteiger partial charge in [-0.15, -0.1) is 0 Å². The van der Waals surface area contributed by atoms with Crippen LogP contribution in [0.1, 0.15) is 24.0 Å². The van der Waals surface area contributed by atoms with Gasteiger partial charge < -0.3 is 19.2 Å². The number of rotatable bonds is 8. The highest BCUT2D eigenvalue weighted by atomic mass is 16.5. The first kappa shape index (κ1) is 15.4. The fourth-order valence-corrected chi connectivity index (χ4v) is 2.19. The van der Waals surface area contributed by atoms with E-state index in [1.54, 1.807) is 14.2 Å². The molecule has 1 heterocycles. The summed E-state index contributed by atoms with van der Waals surface area (Å²) in [5, 5.41) is 3.39. The molecule has 114 valence electrons. The zero-order valence-electron chi connectivity index (χ0n) is 12.9. The SMILES string of the molecule is CCc1ccc(CNCCc2ccc(OC)c(OC)c2)o1. The van der Waals surface area contributed by atoms with E-state index in [1.807, 2.05) is 24.3 Å². The predicted molar refractivity (Wildman–Crippen MR) is 83.0 cm³/mol. The lowest BCUT2D eigenvalue weighted by Crippen LogP contribution is -2.16. The van der Waals surface area contributed by atoms with Gasteiger partial charge in [0.2, 0.25) is 0 Å². The molecule has 0 radical (unpaired) electrons. The zero-order valence-corrected chi connectivity index (χ0v) is 12.9. The molecule has 0 aliphatic heterocycles. The van der Waals surface area contributed by atoms with Crippen molar-refractivity contribution in [3.63, 3.8) is 0 Å². The van der Waals surface area contributed by atoms with Gasteiger partial charge in [-0.05, 0) is 42.8 Å². The van der Waals surface area contributed by atoms with Crippen molar-refractivity contribution >= 4 is 0 Å². The standard InChI is InChI=1S/C17H23NO3/c1-4-14-6-7-15(21-14)12-18-10-9-13-5-8-16(19-2)17(11-13)20-3/h5-8,11,18H,4,9-10,12H2,1-3H3. The summed E-state index contributed by atoms with van der Waals surface area (Å²) < 4.78 is 16.2. The second kappa shape index (κ2) is 7.74. The Bertz CT molecular complexity index is 563. The molecule has 0 aliphatic rings. The third kappa shape index (κ3) is 4.26. The second-order valence-corrected chi connectivity index (χ2v) is 4.84. The van der Waals surface area contributed by atoms with Gasteiger partial charge >= 0.3 is 0 Å². The number of ether oxygens (including phenoxy) is 2. The number of benzene rings is 1. The van der Waals surface area contributed by atoms with Crippen LogP contribution >= 0.6 is 0 Å². The molecule has 1 aromatic carbocycles. The maximum absolute atomic E-state index is 5.65. The van der Waals surface area contributed by atoms with E-state index in [0.717, 1.165) is 49.0 Å². The van der Waals surface area contributed by atoms with Crippen LogP contribution in [0.2, 0.25) is 0 Å². The lowest BCUT2D eigenvalue weighted by atomic mass is 10.1. The summed E-state index contributed by atoms with van der Waals surface area (Å²) in [6.07, 6.45) is 1.87. The van der Waals surface area contributed by atoms with Crippen LogP contribution in [-0.2, 0) is 19.4 Å². The van der Waals surface area contributed by atoms with E-state index >= 15 is 0 Å². The lowest BCUT2D eigenvalue weighted by Gasteiger charge is -2.09. The normalized spacial score (nSPS) is 10.6. The van der Waals surface area contributed by atoms with Gasteiger partial charge in [0.25, 0.3) is 0 Å². The van der Waals surface area contributed by atoms with Crippen LogP contribution in [0.3, 0.4) is 0 Å². The summed E-state index contributed by atoms with van der Waals surface area (Å²) in [6, 6.07) is 10.1. The Hall–Kier alpha value is -1.94. The van der Waals surface area contributed by atoms with Crippen molar-refractivity contribution in [1.29, 1.82) is 0 Å². The number of methoxy groups -OCH3 is 2. The van der Waals surface area contributed by atoms with Crippen molar-refractivity contribution in [2.24, 2.45) is 0 Å². The van der Waals surface area contributed by atoms with Gasteiger partial charge in [0, 0.05) is 6.42 Å². The van der Waals surface area contributed by atoms with Gasteiger partial charge in [-0.25, -0.2) is 0 Å². The molecular formula is C17H23NO3. The minimum absolute atomic E-state index is 0.757. The molecule has 0 amide bonds. The molecule has 2 rings (SSSR count). The molecule has 0 atom stereocenters. The molecular weight excluding hydrogens is 266 g/mol. The third-order valence-electron chi connectivity index (χ3n) is 3.40. The van der Waals surface area contributed by atoms with Crippen LogP contribution in [0.4, 0.5) is 0 Å². The Kier molecular flexibility index (Phi) is 5.69. The van der Waals surface area contributed by atoms with Crippen LogP contribution in [0, 0.1) is 0 Å². The molecule has 0 fully saturated rings. The molecule has 2 aromatic rings. The van der Waals surface area contributed by atoms with Gasteiger partial charge in [0.1, 0.15) is 11.5 Å². The number of hydrogen-bond acceptors (Lipinski definition) is 4. The lowest BCUT2D eigenvalue weighted by molar-refractivity contribution is 0.354. The molecule has 21 heavy (non-hydrogen) atoms. The average Bonchev–Trinajstić information content (AvgIpc) is 2.99. The summed E-state index contributed by atoms with van der Waals surface area (Å²) >= 11 is 0. The Morgan fingerprint density at radius 1 is 1.00 bits per heavy atom. The Labute approximate surface area is 126 Å². The highest BCUT2D eigenvalue weighted by Gasteiger charge is 2.04. The first-order valence-electron chi connectivity index (χ1n) is 7.26. The summed E-state index contributed by atoms with van der Waals surface area (Å²) in [6.45, 7) is 3.73. The third-order valence-corrected chi connectivity index (χ3v) is 3.40. The first-order chi connectivity index (χ1) is 10.3. The molecule has 0 aliphatic carbocycles. The Balaban J connectivity index is 1.80. The minimum Gasteiger partial charge on any atom is -0.493 e. The molecule has 1 N–H and O–H groups in total. The molecule has 4 nitrogen and oxygen atoms in total. The summed E-state index contributed by atoms with van der Waals surface area (Å²) in [4.78, 5) is 0. The maximum Gasteiger partial charge on any atom is 0.160 e. The summed E-state index contributed by atoms with van der Waals surface area (Å²) in [5.41, 5.74) is 1.22. The predicted octanol–water partition coefficient (Wildman–Crippen LogP) is 3.19. The maximum atomic E-state index is 5.65. The molecule has 0 saturated carbocycles. The fraction of sp³-hybridized carbons (Fsp3) is 0.412. The highest BCUT2D eigenvalue weighted by Crippen LogP contribution is 2.27. The van der Waals surface area contributed by atoms with Gasteiger partial charge in [0.05, 0.1) is 20.8 Å². The van der Waals surface area contributed by atoms with Gasteiger partial charge in [-0.1, -0.05) is 13.0 Å². The van der Waals surface area contributed by atoms with Crippen molar-refractivity contribution in [3.05, 3.63) is 47.4 Å². The molecule has 4 heteroatoms. The van der Waals surface area contributed by atoms with Crippen molar-refractivity contribution in [3.8, 4) is 11.5 Å². The Morgan fingerprint density at radius 2 is 1.76 bits per heavy atom.